The minimum atomic E-state index is -0.645. The molecule has 1 aliphatic rings. The Morgan fingerprint density at radius 2 is 1.93 bits per heavy atom. The Hall–Kier alpha value is -3.02. The van der Waals surface area contributed by atoms with Crippen molar-refractivity contribution in [3.8, 4) is 11.5 Å². The number of halogens is 2. The van der Waals surface area contributed by atoms with Crippen molar-refractivity contribution in [1.82, 2.24) is 0 Å². The number of esters is 1. The van der Waals surface area contributed by atoms with Crippen molar-refractivity contribution in [3.63, 3.8) is 0 Å². The van der Waals surface area contributed by atoms with Crippen molar-refractivity contribution in [1.29, 1.82) is 0 Å². The lowest BCUT2D eigenvalue weighted by molar-refractivity contribution is 0.0701. The molecule has 0 aliphatic carbocycles. The van der Waals surface area contributed by atoms with Crippen LogP contribution in [0.3, 0.4) is 0 Å². The van der Waals surface area contributed by atoms with E-state index in [1.54, 1.807) is 24.3 Å². The Balaban J connectivity index is 1.58. The molecule has 7 heteroatoms. The number of rotatable bonds is 3. The Morgan fingerprint density at radius 3 is 2.67 bits per heavy atom. The van der Waals surface area contributed by atoms with Gasteiger partial charge in [-0.1, -0.05) is 29.3 Å². The molecule has 27 heavy (non-hydrogen) atoms. The second-order valence-electron chi connectivity index (χ2n) is 5.63. The zero-order chi connectivity index (χ0) is 19.0. The molecule has 0 bridgehead atoms. The summed E-state index contributed by atoms with van der Waals surface area (Å²) in [6, 6.07) is 12.5. The second kappa shape index (κ2) is 6.95. The molecule has 0 spiro atoms. The van der Waals surface area contributed by atoms with Gasteiger partial charge in [0.15, 0.2) is 5.76 Å². The SMILES string of the molecule is O=C(Oc1ccc2c(c1)O/C(=C/c1ccc(Cl)cc1Cl)C2=O)c1ccco1. The molecule has 0 radical (unpaired) electrons. The highest BCUT2D eigenvalue weighted by atomic mass is 35.5. The fraction of sp³-hybridized carbons (Fsp3) is 0. The van der Waals surface area contributed by atoms with E-state index in [0.29, 0.717) is 26.9 Å². The number of carbonyl (C=O) groups is 2. The van der Waals surface area contributed by atoms with Gasteiger partial charge < -0.3 is 13.9 Å². The van der Waals surface area contributed by atoms with Crippen LogP contribution < -0.4 is 9.47 Å². The third-order valence-electron chi connectivity index (χ3n) is 3.82. The number of hydrogen-bond donors (Lipinski definition) is 0. The molecular formula is C20H10Cl2O5. The maximum atomic E-state index is 12.5. The van der Waals surface area contributed by atoms with Gasteiger partial charge in [0.25, 0.3) is 0 Å². The van der Waals surface area contributed by atoms with Crippen molar-refractivity contribution in [3.05, 3.63) is 87.5 Å². The van der Waals surface area contributed by atoms with E-state index in [1.807, 2.05) is 0 Å². The lowest BCUT2D eigenvalue weighted by Gasteiger charge is -2.04. The maximum Gasteiger partial charge on any atom is 0.379 e. The fourth-order valence-electron chi connectivity index (χ4n) is 2.54. The van der Waals surface area contributed by atoms with Gasteiger partial charge in [0.2, 0.25) is 11.5 Å². The molecule has 2 aromatic carbocycles. The van der Waals surface area contributed by atoms with E-state index in [4.69, 9.17) is 37.1 Å². The average Bonchev–Trinajstić information content (AvgIpc) is 3.26. The van der Waals surface area contributed by atoms with Gasteiger partial charge in [-0.05, 0) is 48.0 Å². The van der Waals surface area contributed by atoms with Crippen LogP contribution in [0.1, 0.15) is 26.5 Å². The minimum absolute atomic E-state index is 0.0745. The summed E-state index contributed by atoms with van der Waals surface area (Å²) < 4.78 is 15.8. The van der Waals surface area contributed by atoms with E-state index in [0.717, 1.165) is 0 Å². The van der Waals surface area contributed by atoms with Crippen molar-refractivity contribution >= 4 is 41.0 Å². The van der Waals surface area contributed by atoms with Crippen molar-refractivity contribution in [2.75, 3.05) is 0 Å². The Bertz CT molecular complexity index is 1080. The van der Waals surface area contributed by atoms with Gasteiger partial charge in [-0.15, -0.1) is 0 Å². The zero-order valence-electron chi connectivity index (χ0n) is 13.6. The lowest BCUT2D eigenvalue weighted by Crippen LogP contribution is -2.07. The minimum Gasteiger partial charge on any atom is -0.457 e. The molecule has 2 heterocycles. The van der Waals surface area contributed by atoms with Crippen LogP contribution in [-0.2, 0) is 0 Å². The molecule has 1 aromatic heterocycles. The van der Waals surface area contributed by atoms with E-state index in [9.17, 15) is 9.59 Å². The van der Waals surface area contributed by atoms with E-state index < -0.39 is 5.97 Å². The Kier molecular flexibility index (Phi) is 4.48. The molecule has 1 aliphatic heterocycles. The third kappa shape index (κ3) is 3.47. The molecule has 0 saturated carbocycles. The van der Waals surface area contributed by atoms with Crippen LogP contribution in [0.15, 0.2) is 65.0 Å². The molecule has 134 valence electrons. The van der Waals surface area contributed by atoms with Crippen LogP contribution >= 0.6 is 23.2 Å². The number of fused-ring (bicyclic) bond motifs is 1. The summed E-state index contributed by atoms with van der Waals surface area (Å²) in [4.78, 5) is 24.5. The van der Waals surface area contributed by atoms with Gasteiger partial charge >= 0.3 is 5.97 Å². The van der Waals surface area contributed by atoms with Gasteiger partial charge in [-0.25, -0.2) is 4.79 Å². The Morgan fingerprint density at radius 1 is 1.07 bits per heavy atom. The molecule has 0 amide bonds. The van der Waals surface area contributed by atoms with Gasteiger partial charge in [-0.3, -0.25) is 4.79 Å². The number of furan rings is 1. The fourth-order valence-corrected chi connectivity index (χ4v) is 3.01. The molecule has 0 atom stereocenters. The van der Waals surface area contributed by atoms with E-state index >= 15 is 0 Å². The quantitative estimate of drug-likeness (QED) is 0.333. The summed E-state index contributed by atoms with van der Waals surface area (Å²) in [6.07, 6.45) is 2.91. The molecule has 0 unspecified atom stereocenters. The normalized spacial score (nSPS) is 14.1. The van der Waals surface area contributed by atoms with Crippen LogP contribution in [0.5, 0.6) is 11.5 Å². The molecule has 4 rings (SSSR count). The first-order valence-corrected chi connectivity index (χ1v) is 8.56. The predicted molar refractivity (Wildman–Crippen MR) is 99.5 cm³/mol. The van der Waals surface area contributed by atoms with Crippen LogP contribution in [-0.4, -0.2) is 11.8 Å². The molecule has 0 fully saturated rings. The average molecular weight is 401 g/mol. The zero-order valence-corrected chi connectivity index (χ0v) is 15.1. The standard InChI is InChI=1S/C20H10Cl2O5/c21-12-4-3-11(15(22)9-12)8-18-19(23)14-6-5-13(10-17(14)27-18)26-20(24)16-2-1-7-25-16/h1-10H/b18-8+. The van der Waals surface area contributed by atoms with Crippen molar-refractivity contribution in [2.45, 2.75) is 0 Å². The molecule has 3 aromatic rings. The molecule has 0 saturated heterocycles. The van der Waals surface area contributed by atoms with Crippen LogP contribution in [0.25, 0.3) is 6.08 Å². The molecular weight excluding hydrogens is 391 g/mol. The highest BCUT2D eigenvalue weighted by Crippen LogP contribution is 2.36. The van der Waals surface area contributed by atoms with Crippen molar-refractivity contribution < 1.29 is 23.5 Å². The topological polar surface area (TPSA) is 65.7 Å². The van der Waals surface area contributed by atoms with Gasteiger partial charge in [0.05, 0.1) is 11.8 Å². The molecule has 5 nitrogen and oxygen atoms in total. The Labute approximate surface area is 163 Å². The number of hydrogen-bond acceptors (Lipinski definition) is 5. The van der Waals surface area contributed by atoms with E-state index in [1.165, 1.54) is 36.6 Å². The molecule has 0 N–H and O–H groups in total. The number of Topliss-reactive ketones (excluding diaryl/α,β-unsaturated/α-hetero) is 1. The first kappa shape index (κ1) is 17.4. The highest BCUT2D eigenvalue weighted by Gasteiger charge is 2.28. The van der Waals surface area contributed by atoms with Crippen LogP contribution in [0.4, 0.5) is 0 Å². The first-order valence-electron chi connectivity index (χ1n) is 7.80. The van der Waals surface area contributed by atoms with Gasteiger partial charge in [0.1, 0.15) is 11.5 Å². The first-order chi connectivity index (χ1) is 13.0. The third-order valence-corrected chi connectivity index (χ3v) is 4.39. The number of ketones is 1. The van der Waals surface area contributed by atoms with E-state index in [2.05, 4.69) is 0 Å². The summed E-state index contributed by atoms with van der Waals surface area (Å²) in [6.45, 7) is 0. The van der Waals surface area contributed by atoms with Crippen LogP contribution in [0.2, 0.25) is 10.0 Å². The van der Waals surface area contributed by atoms with E-state index in [-0.39, 0.29) is 23.1 Å². The smallest absolute Gasteiger partial charge is 0.379 e. The monoisotopic (exact) mass is 400 g/mol. The summed E-state index contributed by atoms with van der Waals surface area (Å²) in [5.41, 5.74) is 0.964. The van der Waals surface area contributed by atoms with Gasteiger partial charge in [0, 0.05) is 16.1 Å². The number of carbonyl (C=O) groups excluding carboxylic acids is 2. The number of allylic oxidation sites excluding steroid dienone is 1. The highest BCUT2D eigenvalue weighted by molar-refractivity contribution is 6.35. The largest absolute Gasteiger partial charge is 0.457 e. The second-order valence-corrected chi connectivity index (χ2v) is 6.47. The number of ether oxygens (including phenoxy) is 2. The summed E-state index contributed by atoms with van der Waals surface area (Å²) in [7, 11) is 0. The van der Waals surface area contributed by atoms with Crippen LogP contribution in [0, 0.1) is 0 Å². The summed E-state index contributed by atoms with van der Waals surface area (Å²) in [5.74, 6) is -0.225. The van der Waals surface area contributed by atoms with Gasteiger partial charge in [-0.2, -0.15) is 0 Å². The summed E-state index contributed by atoms with van der Waals surface area (Å²) >= 11 is 12.0. The predicted octanol–water partition coefficient (Wildman–Crippen LogP) is 5.42. The lowest BCUT2D eigenvalue weighted by atomic mass is 10.1. The summed E-state index contributed by atoms with van der Waals surface area (Å²) in [5, 5.41) is 0.891. The maximum absolute atomic E-state index is 12.5. The number of benzene rings is 2. The van der Waals surface area contributed by atoms with Crippen molar-refractivity contribution in [2.24, 2.45) is 0 Å².